The van der Waals surface area contributed by atoms with E-state index in [9.17, 15) is 0 Å². The minimum absolute atomic E-state index is 1.18. The number of allylic oxidation sites excluding steroid dienone is 2. The fourth-order valence-electron chi connectivity index (χ4n) is 1.81. The van der Waals surface area contributed by atoms with Crippen LogP contribution in [0.2, 0.25) is 0 Å². The molecule has 1 fully saturated rings. The summed E-state index contributed by atoms with van der Waals surface area (Å²) in [6.07, 6.45) is 15.8. The van der Waals surface area contributed by atoms with Crippen LogP contribution in [-0.4, -0.2) is 0 Å². The molecular weight excluding hydrogens is 144 g/mol. The van der Waals surface area contributed by atoms with Gasteiger partial charge in [0, 0.05) is 0 Å². The van der Waals surface area contributed by atoms with Crippen LogP contribution in [0.4, 0.5) is 0 Å². The Balaban J connectivity index is 2.28. The van der Waals surface area contributed by atoms with Crippen molar-refractivity contribution in [3.8, 4) is 0 Å². The van der Waals surface area contributed by atoms with E-state index in [0.717, 1.165) is 0 Å². The first-order chi connectivity index (χ1) is 5.93. The van der Waals surface area contributed by atoms with Crippen molar-refractivity contribution in [1.82, 2.24) is 0 Å². The zero-order valence-corrected chi connectivity index (χ0v) is 8.36. The maximum Gasteiger partial charge on any atom is -0.0279 e. The van der Waals surface area contributed by atoms with E-state index in [4.69, 9.17) is 0 Å². The van der Waals surface area contributed by atoms with Gasteiger partial charge in [0.1, 0.15) is 0 Å². The van der Waals surface area contributed by atoms with E-state index in [1.165, 1.54) is 57.8 Å². The van der Waals surface area contributed by atoms with Crippen molar-refractivity contribution < 1.29 is 0 Å². The summed E-state index contributed by atoms with van der Waals surface area (Å²) in [5, 5.41) is 0. The van der Waals surface area contributed by atoms with E-state index in [1.54, 1.807) is 5.57 Å². The summed E-state index contributed by atoms with van der Waals surface area (Å²) in [5.74, 6) is 0. The van der Waals surface area contributed by atoms with Crippen LogP contribution < -0.4 is 0 Å². The Kier molecular flexibility index (Phi) is 5.14. The second-order valence-electron chi connectivity index (χ2n) is 3.80. The van der Waals surface area contributed by atoms with Gasteiger partial charge < -0.3 is 0 Å². The molecule has 0 aliphatic heterocycles. The molecule has 0 atom stereocenters. The summed E-state index contributed by atoms with van der Waals surface area (Å²) in [6.45, 7) is 2.23. The molecule has 1 aliphatic rings. The topological polar surface area (TPSA) is 0 Å². The summed E-state index contributed by atoms with van der Waals surface area (Å²) in [6, 6.07) is 0. The molecule has 0 unspecified atom stereocenters. The van der Waals surface area contributed by atoms with Crippen LogP contribution in [0.1, 0.15) is 64.7 Å². The van der Waals surface area contributed by atoms with Gasteiger partial charge in [-0.1, -0.05) is 38.2 Å². The van der Waals surface area contributed by atoms with Gasteiger partial charge in [0.2, 0.25) is 0 Å². The van der Waals surface area contributed by atoms with Crippen molar-refractivity contribution in [2.45, 2.75) is 64.7 Å². The summed E-state index contributed by atoms with van der Waals surface area (Å²) >= 11 is 0. The Labute approximate surface area is 77.1 Å². The Hall–Kier alpha value is -0.260. The van der Waals surface area contributed by atoms with Crippen molar-refractivity contribution in [1.29, 1.82) is 0 Å². The third-order valence-corrected chi connectivity index (χ3v) is 2.58. The van der Waals surface area contributed by atoms with Crippen LogP contribution >= 0.6 is 0 Å². The van der Waals surface area contributed by atoms with E-state index >= 15 is 0 Å². The number of unbranched alkanes of at least 4 members (excludes halogenated alkanes) is 1. The van der Waals surface area contributed by atoms with Gasteiger partial charge in [-0.3, -0.25) is 0 Å². The van der Waals surface area contributed by atoms with Gasteiger partial charge in [0.05, 0.1) is 0 Å². The highest BCUT2D eigenvalue weighted by Crippen LogP contribution is 2.21. The van der Waals surface area contributed by atoms with Gasteiger partial charge in [0.25, 0.3) is 0 Å². The molecule has 12 heavy (non-hydrogen) atoms. The molecule has 0 saturated heterocycles. The molecule has 1 saturated carbocycles. The first-order valence-corrected chi connectivity index (χ1v) is 5.52. The largest absolute Gasteiger partial charge is 0.0667 e. The van der Waals surface area contributed by atoms with E-state index in [2.05, 4.69) is 13.0 Å². The van der Waals surface area contributed by atoms with Gasteiger partial charge >= 0.3 is 0 Å². The van der Waals surface area contributed by atoms with Crippen LogP contribution in [0.15, 0.2) is 5.57 Å². The molecule has 0 heterocycles. The molecule has 0 nitrogen and oxygen atoms in total. The lowest BCUT2D eigenvalue weighted by Gasteiger charge is -2.11. The second-order valence-corrected chi connectivity index (χ2v) is 3.80. The smallest absolute Gasteiger partial charge is 0.0279 e. The summed E-state index contributed by atoms with van der Waals surface area (Å²) in [4.78, 5) is 0. The summed E-state index contributed by atoms with van der Waals surface area (Å²) < 4.78 is 0. The molecule has 0 N–H and O–H groups in total. The van der Waals surface area contributed by atoms with Gasteiger partial charge in [-0.2, -0.15) is 0 Å². The number of hydrogen-bond acceptors (Lipinski definition) is 0. The highest BCUT2D eigenvalue weighted by molar-refractivity contribution is 4.97. The maximum atomic E-state index is 3.56. The molecule has 69 valence electrons. The van der Waals surface area contributed by atoms with Gasteiger partial charge in [-0.25, -0.2) is 0 Å². The van der Waals surface area contributed by atoms with Gasteiger partial charge in [0.15, 0.2) is 0 Å². The monoisotopic (exact) mass is 165 g/mol. The van der Waals surface area contributed by atoms with Crippen molar-refractivity contribution in [2.24, 2.45) is 0 Å². The highest BCUT2D eigenvalue weighted by Gasteiger charge is 2.02. The third-order valence-electron chi connectivity index (χ3n) is 2.58. The van der Waals surface area contributed by atoms with Gasteiger partial charge in [-0.15, -0.1) is 0 Å². The predicted molar refractivity (Wildman–Crippen MR) is 54.0 cm³/mol. The lowest BCUT2D eigenvalue weighted by molar-refractivity contribution is 0.565. The summed E-state index contributed by atoms with van der Waals surface area (Å²) in [5.41, 5.74) is 1.62. The molecule has 0 bridgehead atoms. The zero-order chi connectivity index (χ0) is 8.65. The number of hydrogen-bond donors (Lipinski definition) is 0. The van der Waals surface area contributed by atoms with E-state index in [1.807, 2.05) is 0 Å². The zero-order valence-electron chi connectivity index (χ0n) is 8.36. The van der Waals surface area contributed by atoms with Crippen LogP contribution in [0.3, 0.4) is 0 Å². The summed E-state index contributed by atoms with van der Waals surface area (Å²) in [7, 11) is 0. The Morgan fingerprint density at radius 1 is 1.00 bits per heavy atom. The standard InChI is InChI=1S/C12H21/c1-2-3-9-12-10-7-5-4-6-8-11-12/h2-8,10-11H2,1H3. The van der Waals surface area contributed by atoms with Crippen LogP contribution in [0, 0.1) is 6.08 Å². The van der Waals surface area contributed by atoms with E-state index < -0.39 is 0 Å². The molecule has 0 amide bonds. The molecule has 1 radical (unpaired) electrons. The second kappa shape index (κ2) is 6.28. The molecule has 0 aromatic carbocycles. The molecular formula is C12H21. The minimum atomic E-state index is 1.18. The first-order valence-electron chi connectivity index (χ1n) is 5.52. The minimum Gasteiger partial charge on any atom is -0.0667 e. The average molecular weight is 165 g/mol. The van der Waals surface area contributed by atoms with Gasteiger partial charge in [-0.05, 0) is 38.2 Å². The molecule has 0 aromatic heterocycles. The van der Waals surface area contributed by atoms with Crippen LogP contribution in [-0.2, 0) is 0 Å². The Morgan fingerprint density at radius 3 is 2.17 bits per heavy atom. The molecule has 1 rings (SSSR count). The molecule has 0 spiro atoms. The third kappa shape index (κ3) is 3.94. The van der Waals surface area contributed by atoms with Crippen molar-refractivity contribution >= 4 is 0 Å². The first kappa shape index (κ1) is 9.83. The Bertz CT molecular complexity index is 123. The maximum absolute atomic E-state index is 3.56. The van der Waals surface area contributed by atoms with Crippen LogP contribution in [0.25, 0.3) is 0 Å². The number of rotatable bonds is 2. The Morgan fingerprint density at radius 2 is 1.58 bits per heavy atom. The highest BCUT2D eigenvalue weighted by atomic mass is 14.1. The SMILES string of the molecule is CCC[C]=C1CCCCCCC1. The van der Waals surface area contributed by atoms with Crippen molar-refractivity contribution in [2.75, 3.05) is 0 Å². The average Bonchev–Trinajstić information content (AvgIpc) is 2.02. The molecule has 0 heteroatoms. The quantitative estimate of drug-likeness (QED) is 0.573. The molecule has 0 aromatic rings. The fourth-order valence-corrected chi connectivity index (χ4v) is 1.81. The lowest BCUT2D eigenvalue weighted by Crippen LogP contribution is -1.92. The van der Waals surface area contributed by atoms with E-state index in [0.29, 0.717) is 0 Å². The lowest BCUT2D eigenvalue weighted by atomic mass is 9.95. The van der Waals surface area contributed by atoms with Crippen molar-refractivity contribution in [3.05, 3.63) is 11.6 Å². The predicted octanol–water partition coefficient (Wildman–Crippen LogP) is 4.26. The molecule has 1 aliphatic carbocycles. The van der Waals surface area contributed by atoms with Crippen LogP contribution in [0.5, 0.6) is 0 Å². The fraction of sp³-hybridized carbons (Fsp3) is 0.833. The normalized spacial score (nSPS) is 19.9. The van der Waals surface area contributed by atoms with Crippen molar-refractivity contribution in [3.63, 3.8) is 0 Å². The van der Waals surface area contributed by atoms with E-state index in [-0.39, 0.29) is 0 Å².